The summed E-state index contributed by atoms with van der Waals surface area (Å²) in [6, 6.07) is 15.9. The number of ether oxygens (including phenoxy) is 1. The second kappa shape index (κ2) is 7.83. The number of hydrogen-bond acceptors (Lipinski definition) is 5. The van der Waals surface area contributed by atoms with E-state index in [2.05, 4.69) is 16.4 Å². The molecular weight excluding hydrogens is 342 g/mol. The summed E-state index contributed by atoms with van der Waals surface area (Å²) in [6.45, 7) is 1.69. The summed E-state index contributed by atoms with van der Waals surface area (Å²) in [7, 11) is 1.26. The Bertz CT molecular complexity index is 1000. The molecule has 3 rings (SSSR count). The summed E-state index contributed by atoms with van der Waals surface area (Å²) in [6.07, 6.45) is 0.176. The number of amides is 1. The molecule has 0 saturated heterocycles. The number of nitrogens with one attached hydrogen (secondary N) is 1. The maximum atomic E-state index is 13.1. The third-order valence-electron chi connectivity index (χ3n) is 4.42. The summed E-state index contributed by atoms with van der Waals surface area (Å²) in [5.74, 6) is -1.38. The van der Waals surface area contributed by atoms with Crippen molar-refractivity contribution in [3.05, 3.63) is 54.1 Å². The van der Waals surface area contributed by atoms with Crippen LogP contribution in [0, 0.1) is 17.2 Å². The normalized spacial score (nSPS) is 12.9. The second-order valence-corrected chi connectivity index (χ2v) is 6.34. The van der Waals surface area contributed by atoms with Crippen LogP contribution in [0.4, 0.5) is 0 Å². The van der Waals surface area contributed by atoms with Gasteiger partial charge in [-0.25, -0.2) is 9.78 Å². The van der Waals surface area contributed by atoms with E-state index in [1.54, 1.807) is 6.92 Å². The van der Waals surface area contributed by atoms with Gasteiger partial charge in [-0.15, -0.1) is 0 Å². The zero-order chi connectivity index (χ0) is 19.4. The molecule has 27 heavy (non-hydrogen) atoms. The van der Waals surface area contributed by atoms with Gasteiger partial charge in [0, 0.05) is 16.7 Å². The topological polar surface area (TPSA) is 92.1 Å². The van der Waals surface area contributed by atoms with Gasteiger partial charge in [-0.1, -0.05) is 36.4 Å². The molecule has 0 unspecified atom stereocenters. The minimum absolute atomic E-state index is 0.176. The Labute approximate surface area is 156 Å². The summed E-state index contributed by atoms with van der Waals surface area (Å²) >= 11 is 0. The number of pyridine rings is 1. The van der Waals surface area contributed by atoms with Crippen LogP contribution in [0.25, 0.3) is 21.8 Å². The minimum atomic E-state index is -0.900. The molecule has 0 aliphatic rings. The predicted molar refractivity (Wildman–Crippen MR) is 102 cm³/mol. The Morgan fingerprint density at radius 2 is 1.67 bits per heavy atom. The molecule has 0 aliphatic carbocycles. The lowest BCUT2D eigenvalue weighted by Gasteiger charge is -2.18. The Morgan fingerprint density at radius 3 is 2.19 bits per heavy atom. The van der Waals surface area contributed by atoms with Crippen molar-refractivity contribution in [3.63, 3.8) is 0 Å². The number of aromatic nitrogens is 1. The molecule has 1 N–H and O–H groups in total. The first-order chi connectivity index (χ1) is 13.0. The first-order valence-corrected chi connectivity index (χ1v) is 8.61. The number of hydrogen-bond donors (Lipinski definition) is 1. The number of nitrogens with zero attached hydrogens (tertiary/aromatic N) is 2. The fourth-order valence-corrected chi connectivity index (χ4v) is 3.08. The van der Waals surface area contributed by atoms with Crippen LogP contribution in [0.5, 0.6) is 0 Å². The largest absolute Gasteiger partial charge is 0.467 e. The number of rotatable bonds is 5. The van der Waals surface area contributed by atoms with Crippen molar-refractivity contribution in [1.82, 2.24) is 10.3 Å². The van der Waals surface area contributed by atoms with E-state index >= 15 is 0 Å². The Hall–Kier alpha value is -3.46. The summed E-state index contributed by atoms with van der Waals surface area (Å²) in [5, 5.41) is 13.2. The number of carbonyl (C=O) groups is 2. The van der Waals surface area contributed by atoms with Crippen molar-refractivity contribution < 1.29 is 14.3 Å². The van der Waals surface area contributed by atoms with Gasteiger partial charge in [0.25, 0.3) is 5.91 Å². The highest BCUT2D eigenvalue weighted by Gasteiger charge is 2.26. The molecule has 0 radical (unpaired) electrons. The monoisotopic (exact) mass is 361 g/mol. The Morgan fingerprint density at radius 1 is 1.11 bits per heavy atom. The highest BCUT2D eigenvalue weighted by Crippen LogP contribution is 2.26. The van der Waals surface area contributed by atoms with Gasteiger partial charge >= 0.3 is 5.97 Å². The van der Waals surface area contributed by atoms with Crippen LogP contribution < -0.4 is 5.32 Å². The van der Waals surface area contributed by atoms with Crippen molar-refractivity contribution in [1.29, 1.82) is 5.26 Å². The van der Waals surface area contributed by atoms with E-state index in [-0.39, 0.29) is 6.42 Å². The predicted octanol–water partition coefficient (Wildman–Crippen LogP) is 3.21. The van der Waals surface area contributed by atoms with Gasteiger partial charge in [0.15, 0.2) is 0 Å². The number of carbonyl (C=O) groups excluding carboxylic acids is 2. The molecule has 0 fully saturated rings. The third kappa shape index (κ3) is 3.72. The second-order valence-electron chi connectivity index (χ2n) is 6.34. The van der Waals surface area contributed by atoms with Crippen LogP contribution in [0.1, 0.15) is 23.7 Å². The average molecular weight is 361 g/mol. The van der Waals surface area contributed by atoms with Crippen molar-refractivity contribution >= 4 is 33.7 Å². The summed E-state index contributed by atoms with van der Waals surface area (Å²) in [4.78, 5) is 29.8. The molecule has 2 atom stereocenters. The SMILES string of the molecule is COC(=O)[C@H](C[C@@H](C)C#N)NC(=O)c1c2ccccc2nc2ccccc12. The van der Waals surface area contributed by atoms with Gasteiger partial charge < -0.3 is 10.1 Å². The molecule has 1 aromatic heterocycles. The molecule has 1 heterocycles. The number of nitriles is 1. The van der Waals surface area contributed by atoms with Crippen LogP contribution in [-0.4, -0.2) is 30.0 Å². The average Bonchev–Trinajstić information content (AvgIpc) is 2.70. The molecule has 6 nitrogen and oxygen atoms in total. The molecule has 0 bridgehead atoms. The molecule has 3 aromatic rings. The van der Waals surface area contributed by atoms with Crippen molar-refractivity contribution in [2.45, 2.75) is 19.4 Å². The number of para-hydroxylation sites is 2. The maximum Gasteiger partial charge on any atom is 0.328 e. The maximum absolute atomic E-state index is 13.1. The molecule has 0 saturated carbocycles. The van der Waals surface area contributed by atoms with E-state index in [1.165, 1.54) is 7.11 Å². The number of benzene rings is 2. The van der Waals surface area contributed by atoms with Crippen LogP contribution in [0.3, 0.4) is 0 Å². The summed E-state index contributed by atoms with van der Waals surface area (Å²) < 4.78 is 4.79. The zero-order valence-corrected chi connectivity index (χ0v) is 15.1. The minimum Gasteiger partial charge on any atom is -0.467 e. The number of esters is 1. The quantitative estimate of drug-likeness (QED) is 0.556. The van der Waals surface area contributed by atoms with Crippen molar-refractivity contribution in [3.8, 4) is 6.07 Å². The van der Waals surface area contributed by atoms with E-state index in [9.17, 15) is 9.59 Å². The van der Waals surface area contributed by atoms with E-state index in [4.69, 9.17) is 10.00 Å². The molecule has 1 amide bonds. The van der Waals surface area contributed by atoms with Gasteiger partial charge in [-0.3, -0.25) is 4.79 Å². The fourth-order valence-electron chi connectivity index (χ4n) is 3.08. The van der Waals surface area contributed by atoms with Gasteiger partial charge in [-0.05, 0) is 25.5 Å². The van der Waals surface area contributed by atoms with Crippen molar-refractivity contribution in [2.24, 2.45) is 5.92 Å². The standard InChI is InChI=1S/C21H19N3O3/c1-13(12-22)11-18(21(26)27-2)24-20(25)19-14-7-3-5-9-16(14)23-17-10-6-4-8-15(17)19/h3-10,13,18H,11H2,1-2H3,(H,24,25)/t13-,18+/m1/s1. The highest BCUT2D eigenvalue weighted by atomic mass is 16.5. The Kier molecular flexibility index (Phi) is 5.32. The van der Waals surface area contributed by atoms with Crippen LogP contribution in [0.2, 0.25) is 0 Å². The number of fused-ring (bicyclic) bond motifs is 2. The van der Waals surface area contributed by atoms with Gasteiger partial charge in [-0.2, -0.15) is 5.26 Å². The van der Waals surface area contributed by atoms with Gasteiger partial charge in [0.2, 0.25) is 0 Å². The smallest absolute Gasteiger partial charge is 0.328 e. The molecule has 2 aromatic carbocycles. The first-order valence-electron chi connectivity index (χ1n) is 8.61. The highest BCUT2D eigenvalue weighted by molar-refractivity contribution is 6.16. The summed E-state index contributed by atoms with van der Waals surface area (Å²) in [5.41, 5.74) is 1.84. The molecular formula is C21H19N3O3. The molecule has 136 valence electrons. The lowest BCUT2D eigenvalue weighted by molar-refractivity contribution is -0.143. The molecule has 0 aliphatic heterocycles. The van der Waals surface area contributed by atoms with Crippen LogP contribution in [0.15, 0.2) is 48.5 Å². The fraction of sp³-hybridized carbons (Fsp3) is 0.238. The van der Waals surface area contributed by atoms with Crippen LogP contribution >= 0.6 is 0 Å². The van der Waals surface area contributed by atoms with E-state index in [0.29, 0.717) is 27.4 Å². The third-order valence-corrected chi connectivity index (χ3v) is 4.42. The van der Waals surface area contributed by atoms with E-state index < -0.39 is 23.8 Å². The van der Waals surface area contributed by atoms with E-state index in [1.807, 2.05) is 48.5 Å². The Balaban J connectivity index is 2.08. The molecule has 0 spiro atoms. The van der Waals surface area contributed by atoms with Gasteiger partial charge in [0.1, 0.15) is 6.04 Å². The van der Waals surface area contributed by atoms with E-state index in [0.717, 1.165) is 0 Å². The molecule has 6 heteroatoms. The van der Waals surface area contributed by atoms with Crippen molar-refractivity contribution in [2.75, 3.05) is 7.11 Å². The lowest BCUT2D eigenvalue weighted by atomic mass is 10.00. The van der Waals surface area contributed by atoms with Crippen LogP contribution in [-0.2, 0) is 9.53 Å². The number of methoxy groups -OCH3 is 1. The zero-order valence-electron chi connectivity index (χ0n) is 15.1. The lowest BCUT2D eigenvalue weighted by Crippen LogP contribution is -2.42. The first kappa shape index (κ1) is 18.3. The van der Waals surface area contributed by atoms with Gasteiger partial charge in [0.05, 0.1) is 29.8 Å².